The summed E-state index contributed by atoms with van der Waals surface area (Å²) in [6.45, 7) is 2.32. The van der Waals surface area contributed by atoms with Gasteiger partial charge in [-0.15, -0.1) is 0 Å². The Morgan fingerprint density at radius 2 is 2.04 bits per heavy atom. The predicted molar refractivity (Wildman–Crippen MR) is 89.4 cm³/mol. The summed E-state index contributed by atoms with van der Waals surface area (Å²) in [5.41, 5.74) is 1.01. The molecule has 0 aliphatic carbocycles. The molecule has 0 aliphatic rings. The minimum atomic E-state index is -0.428. The number of nitrogens with one attached hydrogen (secondary N) is 1. The van der Waals surface area contributed by atoms with E-state index in [0.29, 0.717) is 13.0 Å². The molecule has 1 N–H and O–H groups in total. The first kappa shape index (κ1) is 17.0. The van der Waals surface area contributed by atoms with E-state index in [0.717, 1.165) is 10.6 Å². The zero-order valence-corrected chi connectivity index (χ0v) is 13.5. The van der Waals surface area contributed by atoms with Crippen molar-refractivity contribution in [3.8, 4) is 0 Å². The van der Waals surface area contributed by atoms with Crippen LogP contribution in [0, 0.1) is 10.1 Å². The molecule has 6 nitrogen and oxygen atoms in total. The van der Waals surface area contributed by atoms with Gasteiger partial charge in [-0.3, -0.25) is 14.9 Å². The highest BCUT2D eigenvalue weighted by molar-refractivity contribution is 8.00. The van der Waals surface area contributed by atoms with Crippen molar-refractivity contribution in [2.24, 2.45) is 0 Å². The number of benzene rings is 1. The highest BCUT2D eigenvalue weighted by Gasteiger charge is 2.14. The van der Waals surface area contributed by atoms with Crippen LogP contribution in [0.2, 0.25) is 0 Å². The number of pyridine rings is 1. The zero-order valence-electron chi connectivity index (χ0n) is 12.6. The third-order valence-electron chi connectivity index (χ3n) is 3.16. The molecule has 0 saturated heterocycles. The molecule has 0 saturated carbocycles. The molecule has 1 aromatic heterocycles. The first-order valence-corrected chi connectivity index (χ1v) is 8.03. The van der Waals surface area contributed by atoms with Crippen molar-refractivity contribution in [1.29, 1.82) is 0 Å². The molecule has 0 spiro atoms. The van der Waals surface area contributed by atoms with Crippen LogP contribution in [0.25, 0.3) is 0 Å². The average Bonchev–Trinajstić information content (AvgIpc) is 2.56. The van der Waals surface area contributed by atoms with Crippen LogP contribution in [0.3, 0.4) is 0 Å². The number of non-ortho nitro benzene ring substituents is 1. The minimum absolute atomic E-state index is 0.0532. The standard InChI is InChI=1S/C16H17N3O3S/c1-12(23-15-4-2-3-10-17-15)16(20)18-11-9-13-5-7-14(8-6-13)19(21)22/h2-8,10,12H,9,11H2,1H3,(H,18,20)/t12-/m1/s1. The maximum absolute atomic E-state index is 12.0. The topological polar surface area (TPSA) is 85.1 Å². The van der Waals surface area contributed by atoms with Gasteiger partial charge in [0.15, 0.2) is 0 Å². The molecule has 120 valence electrons. The van der Waals surface area contributed by atoms with Crippen molar-refractivity contribution in [1.82, 2.24) is 10.3 Å². The number of nitro benzene ring substituents is 1. The zero-order chi connectivity index (χ0) is 16.7. The average molecular weight is 331 g/mol. The molecule has 23 heavy (non-hydrogen) atoms. The summed E-state index contributed by atoms with van der Waals surface area (Å²) < 4.78 is 0. The fourth-order valence-corrected chi connectivity index (χ4v) is 2.74. The van der Waals surface area contributed by atoms with Crippen LogP contribution in [0.5, 0.6) is 0 Å². The van der Waals surface area contributed by atoms with E-state index in [9.17, 15) is 14.9 Å². The van der Waals surface area contributed by atoms with Crippen molar-refractivity contribution >= 4 is 23.4 Å². The summed E-state index contributed by atoms with van der Waals surface area (Å²) in [5, 5.41) is 14.0. The fraction of sp³-hybridized carbons (Fsp3) is 0.250. The van der Waals surface area contributed by atoms with Crippen molar-refractivity contribution in [2.45, 2.75) is 23.6 Å². The molecule has 1 heterocycles. The molecule has 0 bridgehead atoms. The molecule has 2 aromatic rings. The quantitative estimate of drug-likeness (QED) is 0.479. The Labute approximate surface area is 138 Å². The number of amides is 1. The van der Waals surface area contributed by atoms with Gasteiger partial charge < -0.3 is 5.32 Å². The molecule has 0 radical (unpaired) electrons. The Kier molecular flexibility index (Phi) is 6.10. The molecular weight excluding hydrogens is 314 g/mol. The van der Waals surface area contributed by atoms with Gasteiger partial charge in [-0.2, -0.15) is 0 Å². The molecule has 0 unspecified atom stereocenters. The number of nitro groups is 1. The Bertz CT molecular complexity index is 662. The van der Waals surface area contributed by atoms with Crippen molar-refractivity contribution in [3.63, 3.8) is 0 Å². The lowest BCUT2D eigenvalue weighted by atomic mass is 10.1. The van der Waals surface area contributed by atoms with E-state index in [1.54, 1.807) is 18.3 Å². The third-order valence-corrected chi connectivity index (χ3v) is 4.22. The summed E-state index contributed by atoms with van der Waals surface area (Å²) in [6, 6.07) is 11.9. The van der Waals surface area contributed by atoms with Crippen LogP contribution in [-0.2, 0) is 11.2 Å². The molecule has 0 aliphatic heterocycles. The number of rotatable bonds is 7. The number of nitrogens with zero attached hydrogens (tertiary/aromatic N) is 2. The van der Waals surface area contributed by atoms with Gasteiger partial charge in [0.2, 0.25) is 5.91 Å². The summed E-state index contributed by atoms with van der Waals surface area (Å²) in [6.07, 6.45) is 2.33. The van der Waals surface area contributed by atoms with E-state index in [1.165, 1.54) is 23.9 Å². The van der Waals surface area contributed by atoms with Gasteiger partial charge in [-0.1, -0.05) is 30.0 Å². The van der Waals surface area contributed by atoms with Crippen LogP contribution >= 0.6 is 11.8 Å². The van der Waals surface area contributed by atoms with Crippen LogP contribution in [0.4, 0.5) is 5.69 Å². The Morgan fingerprint density at radius 1 is 1.30 bits per heavy atom. The number of carbonyl (C=O) groups excluding carboxylic acids is 1. The Morgan fingerprint density at radius 3 is 2.65 bits per heavy atom. The van der Waals surface area contributed by atoms with Gasteiger partial charge in [0.1, 0.15) is 0 Å². The molecular formula is C16H17N3O3S. The summed E-state index contributed by atoms with van der Waals surface area (Å²) in [5.74, 6) is -0.0532. The van der Waals surface area contributed by atoms with Crippen LogP contribution in [0.1, 0.15) is 12.5 Å². The summed E-state index contributed by atoms with van der Waals surface area (Å²) >= 11 is 1.40. The normalized spacial score (nSPS) is 11.7. The van der Waals surface area contributed by atoms with Crippen LogP contribution in [-0.4, -0.2) is 27.6 Å². The van der Waals surface area contributed by atoms with Gasteiger partial charge in [-0.05, 0) is 31.0 Å². The van der Waals surface area contributed by atoms with Gasteiger partial charge in [0.05, 0.1) is 15.2 Å². The van der Waals surface area contributed by atoms with E-state index >= 15 is 0 Å². The van der Waals surface area contributed by atoms with Gasteiger partial charge in [0.25, 0.3) is 5.69 Å². The predicted octanol–water partition coefficient (Wildman–Crippen LogP) is 2.83. The monoisotopic (exact) mass is 331 g/mol. The Hall–Kier alpha value is -2.41. The molecule has 1 aromatic carbocycles. The van der Waals surface area contributed by atoms with Gasteiger partial charge >= 0.3 is 0 Å². The van der Waals surface area contributed by atoms with Crippen molar-refractivity contribution in [2.75, 3.05) is 6.54 Å². The number of hydrogen-bond donors (Lipinski definition) is 1. The number of aromatic nitrogens is 1. The lowest BCUT2D eigenvalue weighted by Gasteiger charge is -2.11. The second-order valence-corrected chi connectivity index (χ2v) is 6.25. The van der Waals surface area contributed by atoms with E-state index < -0.39 is 4.92 Å². The highest BCUT2D eigenvalue weighted by atomic mass is 32.2. The molecule has 1 atom stereocenters. The number of hydrogen-bond acceptors (Lipinski definition) is 5. The second-order valence-electron chi connectivity index (χ2n) is 4.89. The van der Waals surface area contributed by atoms with Gasteiger partial charge in [0, 0.05) is 24.9 Å². The molecule has 2 rings (SSSR count). The maximum atomic E-state index is 12.0. The van der Waals surface area contributed by atoms with E-state index in [1.807, 2.05) is 25.1 Å². The lowest BCUT2D eigenvalue weighted by molar-refractivity contribution is -0.384. The maximum Gasteiger partial charge on any atom is 0.269 e. The van der Waals surface area contributed by atoms with E-state index in [2.05, 4.69) is 10.3 Å². The van der Waals surface area contributed by atoms with Crippen molar-refractivity contribution < 1.29 is 9.72 Å². The molecule has 1 amide bonds. The number of carbonyl (C=O) groups is 1. The first-order valence-electron chi connectivity index (χ1n) is 7.15. The lowest BCUT2D eigenvalue weighted by Crippen LogP contribution is -2.32. The largest absolute Gasteiger partial charge is 0.355 e. The van der Waals surface area contributed by atoms with Crippen LogP contribution in [0.15, 0.2) is 53.7 Å². The van der Waals surface area contributed by atoms with E-state index in [4.69, 9.17) is 0 Å². The fourth-order valence-electron chi connectivity index (χ4n) is 1.91. The molecule has 7 heteroatoms. The third kappa shape index (κ3) is 5.37. The van der Waals surface area contributed by atoms with Crippen molar-refractivity contribution in [3.05, 3.63) is 64.3 Å². The minimum Gasteiger partial charge on any atom is -0.355 e. The summed E-state index contributed by atoms with van der Waals surface area (Å²) in [4.78, 5) is 26.4. The Balaban J connectivity index is 1.76. The first-order chi connectivity index (χ1) is 11.1. The van der Waals surface area contributed by atoms with Gasteiger partial charge in [-0.25, -0.2) is 4.98 Å². The SMILES string of the molecule is C[C@@H](Sc1ccccn1)C(=O)NCCc1ccc([N+](=O)[O-])cc1. The van der Waals surface area contributed by atoms with Crippen LogP contribution < -0.4 is 5.32 Å². The van der Waals surface area contributed by atoms with E-state index in [-0.39, 0.29) is 16.8 Å². The molecule has 0 fully saturated rings. The summed E-state index contributed by atoms with van der Waals surface area (Å²) in [7, 11) is 0. The highest BCUT2D eigenvalue weighted by Crippen LogP contribution is 2.20. The number of thioether (sulfide) groups is 1. The smallest absolute Gasteiger partial charge is 0.269 e. The second kappa shape index (κ2) is 8.28.